The van der Waals surface area contributed by atoms with Gasteiger partial charge in [-0.3, -0.25) is 34.3 Å². The molecule has 3 heterocycles. The van der Waals surface area contributed by atoms with E-state index >= 15 is 0 Å². The summed E-state index contributed by atoms with van der Waals surface area (Å²) in [5.41, 5.74) is 7.47. The van der Waals surface area contributed by atoms with Crippen LogP contribution in [0.4, 0.5) is 0 Å². The fourth-order valence-corrected chi connectivity index (χ4v) is 3.92. The second-order valence-corrected chi connectivity index (χ2v) is 7.40. The van der Waals surface area contributed by atoms with Crippen molar-refractivity contribution in [3.63, 3.8) is 0 Å². The number of amides is 4. The summed E-state index contributed by atoms with van der Waals surface area (Å²) in [6, 6.07) is 4.14. The predicted molar refractivity (Wildman–Crippen MR) is 97.2 cm³/mol. The lowest BCUT2D eigenvalue weighted by atomic mass is 10.0. The summed E-state index contributed by atoms with van der Waals surface area (Å²) in [6.07, 6.45) is 0.251. The number of hydrogen-bond donors (Lipinski definition) is 2. The van der Waals surface area contributed by atoms with E-state index in [1.54, 1.807) is 12.1 Å². The Morgan fingerprint density at radius 1 is 1.14 bits per heavy atom. The Bertz CT molecular complexity index is 855. The fraction of sp³-hybridized carbons (Fsp3) is 0.474. The van der Waals surface area contributed by atoms with Gasteiger partial charge < -0.3 is 10.5 Å². The van der Waals surface area contributed by atoms with E-state index < -0.39 is 23.8 Å². The number of carbonyl (C=O) groups is 4. The molecule has 4 amide bonds. The lowest BCUT2D eigenvalue weighted by molar-refractivity contribution is -0.136. The van der Waals surface area contributed by atoms with Crippen molar-refractivity contribution in [3.05, 3.63) is 34.9 Å². The largest absolute Gasteiger partial charge is 0.378 e. The van der Waals surface area contributed by atoms with Crippen LogP contribution in [0.15, 0.2) is 18.2 Å². The zero-order valence-electron chi connectivity index (χ0n) is 15.3. The van der Waals surface area contributed by atoms with Crippen molar-refractivity contribution in [2.24, 2.45) is 5.73 Å². The van der Waals surface area contributed by atoms with Crippen LogP contribution in [0.1, 0.15) is 39.1 Å². The highest BCUT2D eigenvalue weighted by atomic mass is 16.5. The molecule has 1 aromatic rings. The smallest absolute Gasteiger partial charge is 0.262 e. The molecule has 2 atom stereocenters. The standard InChI is InChI=1S/C19H22N4O5/c20-12-9-22(5-6-28-10-12)8-11-1-2-13-14(7-11)19(27)23(18(13)26)15-3-4-16(24)21-17(15)25/h1-2,7,12,15H,3-6,8-10,20H2,(H,21,24,25). The van der Waals surface area contributed by atoms with Crippen molar-refractivity contribution in [1.29, 1.82) is 0 Å². The van der Waals surface area contributed by atoms with Crippen LogP contribution in [0, 0.1) is 0 Å². The number of nitrogens with one attached hydrogen (secondary N) is 1. The maximum atomic E-state index is 12.9. The number of piperidine rings is 1. The summed E-state index contributed by atoms with van der Waals surface area (Å²) in [6.45, 7) is 3.13. The average Bonchev–Trinajstić information content (AvgIpc) is 2.79. The molecule has 2 saturated heterocycles. The Hall–Kier alpha value is -2.62. The molecule has 0 spiro atoms. The van der Waals surface area contributed by atoms with Crippen molar-refractivity contribution in [1.82, 2.24) is 15.1 Å². The molecule has 0 bridgehead atoms. The first-order valence-corrected chi connectivity index (χ1v) is 9.34. The van der Waals surface area contributed by atoms with Crippen LogP contribution in [0.25, 0.3) is 0 Å². The van der Waals surface area contributed by atoms with Crippen molar-refractivity contribution in [2.75, 3.05) is 26.3 Å². The SMILES string of the molecule is NC1COCCN(Cc2ccc3c(c2)C(=O)N(C2CCC(=O)NC2=O)C3=O)C1. The highest BCUT2D eigenvalue weighted by molar-refractivity contribution is 6.23. The van der Waals surface area contributed by atoms with Gasteiger partial charge >= 0.3 is 0 Å². The van der Waals surface area contributed by atoms with Crippen LogP contribution in [0.3, 0.4) is 0 Å². The number of ether oxygens (including phenoxy) is 1. The summed E-state index contributed by atoms with van der Waals surface area (Å²) in [7, 11) is 0. The van der Waals surface area contributed by atoms with Gasteiger partial charge in [-0.25, -0.2) is 0 Å². The Labute approximate surface area is 161 Å². The Kier molecular flexibility index (Phi) is 4.96. The number of hydrogen-bond acceptors (Lipinski definition) is 7. The molecular weight excluding hydrogens is 364 g/mol. The lowest BCUT2D eigenvalue weighted by Crippen LogP contribution is -2.54. The monoisotopic (exact) mass is 386 g/mol. The van der Waals surface area contributed by atoms with E-state index in [0.29, 0.717) is 31.9 Å². The van der Waals surface area contributed by atoms with Gasteiger partial charge in [-0.05, 0) is 24.1 Å². The Morgan fingerprint density at radius 3 is 2.71 bits per heavy atom. The fourth-order valence-electron chi connectivity index (χ4n) is 3.92. The zero-order valence-corrected chi connectivity index (χ0v) is 15.3. The molecule has 3 aliphatic heterocycles. The molecular formula is C19H22N4O5. The van der Waals surface area contributed by atoms with Gasteiger partial charge in [-0.2, -0.15) is 0 Å². The van der Waals surface area contributed by atoms with Crippen LogP contribution in [0.2, 0.25) is 0 Å². The minimum absolute atomic E-state index is 0.0665. The van der Waals surface area contributed by atoms with Gasteiger partial charge in [-0.15, -0.1) is 0 Å². The summed E-state index contributed by atoms with van der Waals surface area (Å²) >= 11 is 0. The van der Waals surface area contributed by atoms with E-state index in [1.165, 1.54) is 0 Å². The summed E-state index contributed by atoms with van der Waals surface area (Å²) in [5, 5.41) is 2.20. The molecule has 3 N–H and O–H groups in total. The number of nitrogens with zero attached hydrogens (tertiary/aromatic N) is 2. The van der Waals surface area contributed by atoms with Crippen LogP contribution in [-0.4, -0.2) is 71.8 Å². The van der Waals surface area contributed by atoms with E-state index in [9.17, 15) is 19.2 Å². The molecule has 0 aliphatic carbocycles. The minimum atomic E-state index is -0.950. The second-order valence-electron chi connectivity index (χ2n) is 7.40. The summed E-state index contributed by atoms with van der Waals surface area (Å²) < 4.78 is 5.44. The number of carbonyl (C=O) groups excluding carboxylic acids is 4. The first kappa shape index (κ1) is 18.7. The molecule has 148 valence electrons. The quantitative estimate of drug-likeness (QED) is 0.655. The third-order valence-electron chi connectivity index (χ3n) is 5.29. The molecule has 1 aromatic carbocycles. The van der Waals surface area contributed by atoms with E-state index in [4.69, 9.17) is 10.5 Å². The van der Waals surface area contributed by atoms with Crippen molar-refractivity contribution in [3.8, 4) is 0 Å². The number of fused-ring (bicyclic) bond motifs is 1. The van der Waals surface area contributed by atoms with Crippen LogP contribution < -0.4 is 11.1 Å². The molecule has 28 heavy (non-hydrogen) atoms. The number of benzene rings is 1. The van der Waals surface area contributed by atoms with Gasteiger partial charge in [0, 0.05) is 32.1 Å². The van der Waals surface area contributed by atoms with Gasteiger partial charge in [-0.1, -0.05) is 6.07 Å². The molecule has 0 radical (unpaired) electrons. The molecule has 4 rings (SSSR count). The molecule has 0 saturated carbocycles. The van der Waals surface area contributed by atoms with Gasteiger partial charge in [0.25, 0.3) is 11.8 Å². The van der Waals surface area contributed by atoms with Crippen LogP contribution >= 0.6 is 0 Å². The number of nitrogens with two attached hydrogens (primary N) is 1. The number of rotatable bonds is 3. The van der Waals surface area contributed by atoms with Crippen molar-refractivity contribution < 1.29 is 23.9 Å². The third-order valence-corrected chi connectivity index (χ3v) is 5.29. The molecule has 2 unspecified atom stereocenters. The zero-order chi connectivity index (χ0) is 19.8. The predicted octanol–water partition coefficient (Wildman–Crippen LogP) is -0.753. The Morgan fingerprint density at radius 2 is 1.93 bits per heavy atom. The van der Waals surface area contributed by atoms with Gasteiger partial charge in [0.1, 0.15) is 6.04 Å². The van der Waals surface area contributed by atoms with Crippen molar-refractivity contribution >= 4 is 23.6 Å². The molecule has 2 fully saturated rings. The highest BCUT2D eigenvalue weighted by Crippen LogP contribution is 2.28. The first-order valence-electron chi connectivity index (χ1n) is 9.34. The summed E-state index contributed by atoms with van der Waals surface area (Å²) in [4.78, 5) is 52.2. The van der Waals surface area contributed by atoms with E-state index in [2.05, 4.69) is 10.2 Å². The van der Waals surface area contributed by atoms with E-state index in [0.717, 1.165) is 17.0 Å². The third kappa shape index (κ3) is 3.44. The molecule has 3 aliphatic rings. The highest BCUT2D eigenvalue weighted by Gasteiger charge is 2.44. The normalized spacial score (nSPS) is 26.2. The van der Waals surface area contributed by atoms with Crippen LogP contribution in [-0.2, 0) is 20.9 Å². The average molecular weight is 386 g/mol. The van der Waals surface area contributed by atoms with E-state index in [1.807, 2.05) is 6.07 Å². The maximum absolute atomic E-state index is 12.9. The van der Waals surface area contributed by atoms with Crippen LogP contribution in [0.5, 0.6) is 0 Å². The maximum Gasteiger partial charge on any atom is 0.262 e. The second kappa shape index (κ2) is 7.42. The lowest BCUT2D eigenvalue weighted by Gasteiger charge is -2.27. The van der Waals surface area contributed by atoms with Gasteiger partial charge in [0.15, 0.2) is 0 Å². The minimum Gasteiger partial charge on any atom is -0.378 e. The summed E-state index contributed by atoms with van der Waals surface area (Å²) in [5.74, 6) is -1.98. The van der Waals surface area contributed by atoms with E-state index in [-0.39, 0.29) is 30.4 Å². The Balaban J connectivity index is 1.54. The van der Waals surface area contributed by atoms with Crippen molar-refractivity contribution in [2.45, 2.75) is 31.5 Å². The topological polar surface area (TPSA) is 122 Å². The van der Waals surface area contributed by atoms with Gasteiger partial charge in [0.05, 0.1) is 24.3 Å². The van der Waals surface area contributed by atoms with Gasteiger partial charge in [0.2, 0.25) is 11.8 Å². The number of imide groups is 2. The molecule has 9 heteroatoms. The first-order chi connectivity index (χ1) is 13.4. The molecule has 9 nitrogen and oxygen atoms in total. The molecule has 0 aromatic heterocycles.